The molecular weight excluding hydrogens is 176 g/mol. The monoisotopic (exact) mass is 194 g/mol. The Hall–Kier alpha value is -1.06. The Morgan fingerprint density at radius 3 is 2.64 bits per heavy atom. The number of hydrogen-bond acceptors (Lipinski definition) is 3. The Kier molecular flexibility index (Phi) is 2.70. The minimum absolute atomic E-state index is 0.662. The van der Waals surface area contributed by atoms with Gasteiger partial charge in [0, 0.05) is 19.0 Å². The molecule has 1 aromatic heterocycles. The summed E-state index contributed by atoms with van der Waals surface area (Å²) in [7, 11) is 0. The summed E-state index contributed by atoms with van der Waals surface area (Å²) in [5, 5.41) is 11.7. The zero-order valence-corrected chi connectivity index (χ0v) is 8.95. The van der Waals surface area contributed by atoms with Crippen molar-refractivity contribution >= 4 is 5.95 Å². The Balaban J connectivity index is 2.21. The molecule has 78 valence electrons. The van der Waals surface area contributed by atoms with E-state index in [1.54, 1.807) is 0 Å². The molecule has 0 saturated heterocycles. The predicted molar refractivity (Wildman–Crippen MR) is 56.5 cm³/mol. The molecule has 4 nitrogen and oxygen atoms in total. The Morgan fingerprint density at radius 2 is 2.14 bits per heavy atom. The predicted octanol–water partition coefficient (Wildman–Crippen LogP) is 2.00. The first-order valence-corrected chi connectivity index (χ1v) is 5.53. The Morgan fingerprint density at radius 1 is 1.36 bits per heavy atom. The molecule has 1 N–H and O–H groups in total. The summed E-state index contributed by atoms with van der Waals surface area (Å²) in [5.74, 6) is 2.77. The first-order valence-electron chi connectivity index (χ1n) is 5.53. The second-order valence-electron chi connectivity index (χ2n) is 3.78. The quantitative estimate of drug-likeness (QED) is 0.797. The number of aromatic nitrogens is 3. The van der Waals surface area contributed by atoms with Crippen LogP contribution in [0.5, 0.6) is 0 Å². The van der Waals surface area contributed by atoms with Crippen molar-refractivity contribution in [2.75, 3.05) is 11.9 Å². The molecular formula is C10H18N4. The third-order valence-electron chi connectivity index (χ3n) is 2.90. The molecule has 0 atom stereocenters. The van der Waals surface area contributed by atoms with Crippen molar-refractivity contribution in [3.05, 3.63) is 5.82 Å². The van der Waals surface area contributed by atoms with Crippen LogP contribution in [0, 0.1) is 0 Å². The fourth-order valence-electron chi connectivity index (χ4n) is 1.88. The number of rotatable bonds is 4. The number of nitrogens with zero attached hydrogens (tertiary/aromatic N) is 3. The smallest absolute Gasteiger partial charge is 0.224 e. The van der Waals surface area contributed by atoms with E-state index in [4.69, 9.17) is 0 Å². The van der Waals surface area contributed by atoms with E-state index in [9.17, 15) is 0 Å². The van der Waals surface area contributed by atoms with E-state index >= 15 is 0 Å². The van der Waals surface area contributed by atoms with Gasteiger partial charge in [0.1, 0.15) is 5.82 Å². The molecule has 0 aliphatic heterocycles. The highest BCUT2D eigenvalue weighted by Crippen LogP contribution is 2.35. The van der Waals surface area contributed by atoms with Crippen molar-refractivity contribution in [3.8, 4) is 0 Å². The van der Waals surface area contributed by atoms with Crippen LogP contribution in [0.15, 0.2) is 0 Å². The van der Waals surface area contributed by atoms with Crippen molar-refractivity contribution in [2.45, 2.75) is 45.6 Å². The molecule has 0 spiro atoms. The van der Waals surface area contributed by atoms with Crippen LogP contribution in [-0.4, -0.2) is 21.3 Å². The highest BCUT2D eigenvalue weighted by molar-refractivity contribution is 5.26. The third-order valence-corrected chi connectivity index (χ3v) is 2.90. The summed E-state index contributed by atoms with van der Waals surface area (Å²) in [4.78, 5) is 0. The van der Waals surface area contributed by atoms with Crippen LogP contribution in [0.2, 0.25) is 0 Å². The Bertz CT molecular complexity index is 301. The third kappa shape index (κ3) is 1.49. The molecule has 1 saturated carbocycles. The van der Waals surface area contributed by atoms with Crippen LogP contribution in [0.25, 0.3) is 0 Å². The normalized spacial score (nSPS) is 16.7. The second kappa shape index (κ2) is 3.98. The molecule has 1 aromatic rings. The summed E-state index contributed by atoms with van der Waals surface area (Å²) in [5.41, 5.74) is 0. The molecule has 0 aromatic carbocycles. The van der Waals surface area contributed by atoms with Gasteiger partial charge in [-0.2, -0.15) is 0 Å². The molecule has 0 amide bonds. The first kappa shape index (κ1) is 9.49. The van der Waals surface area contributed by atoms with Crippen LogP contribution in [0.4, 0.5) is 5.95 Å². The molecule has 1 aliphatic carbocycles. The standard InChI is InChI=1S/C10H18N4/c1-3-11-10-13-12-9(14(10)4-2)8-6-5-7-8/h8H,3-7H2,1-2H3,(H,11,13). The van der Waals surface area contributed by atoms with E-state index in [0.717, 1.165) is 19.0 Å². The molecule has 0 bridgehead atoms. The lowest BCUT2D eigenvalue weighted by molar-refractivity contribution is 0.388. The van der Waals surface area contributed by atoms with Crippen molar-refractivity contribution in [2.24, 2.45) is 0 Å². The van der Waals surface area contributed by atoms with Gasteiger partial charge < -0.3 is 5.32 Å². The molecule has 2 rings (SSSR count). The second-order valence-corrected chi connectivity index (χ2v) is 3.78. The van der Waals surface area contributed by atoms with Gasteiger partial charge in [0.25, 0.3) is 0 Å². The molecule has 0 radical (unpaired) electrons. The maximum absolute atomic E-state index is 4.28. The highest BCUT2D eigenvalue weighted by Gasteiger charge is 2.25. The molecule has 1 heterocycles. The van der Waals surface area contributed by atoms with Crippen LogP contribution in [0.1, 0.15) is 44.9 Å². The Labute approximate surface area is 84.7 Å². The van der Waals surface area contributed by atoms with Gasteiger partial charge in [0.05, 0.1) is 0 Å². The lowest BCUT2D eigenvalue weighted by Gasteiger charge is -2.24. The van der Waals surface area contributed by atoms with Crippen molar-refractivity contribution < 1.29 is 0 Å². The number of nitrogens with one attached hydrogen (secondary N) is 1. The molecule has 1 aliphatic rings. The van der Waals surface area contributed by atoms with Gasteiger partial charge in [0.15, 0.2) is 0 Å². The van der Waals surface area contributed by atoms with E-state index in [0.29, 0.717) is 5.92 Å². The molecule has 0 unspecified atom stereocenters. The SMILES string of the molecule is CCNc1nnc(C2CCC2)n1CC. The van der Waals surface area contributed by atoms with Gasteiger partial charge in [-0.15, -0.1) is 10.2 Å². The largest absolute Gasteiger partial charge is 0.355 e. The lowest BCUT2D eigenvalue weighted by atomic mass is 9.85. The minimum atomic E-state index is 0.662. The summed E-state index contributed by atoms with van der Waals surface area (Å²) in [6.07, 6.45) is 3.91. The van der Waals surface area contributed by atoms with Gasteiger partial charge in [0.2, 0.25) is 5.95 Å². The number of hydrogen-bond donors (Lipinski definition) is 1. The van der Waals surface area contributed by atoms with Crippen LogP contribution in [0.3, 0.4) is 0 Å². The van der Waals surface area contributed by atoms with Gasteiger partial charge in [-0.3, -0.25) is 4.57 Å². The lowest BCUT2D eigenvalue weighted by Crippen LogP contribution is -2.16. The van der Waals surface area contributed by atoms with Crippen molar-refractivity contribution in [1.82, 2.24) is 14.8 Å². The van der Waals surface area contributed by atoms with E-state index in [1.165, 1.54) is 25.1 Å². The minimum Gasteiger partial charge on any atom is -0.355 e. The van der Waals surface area contributed by atoms with Gasteiger partial charge in [-0.25, -0.2) is 0 Å². The zero-order valence-electron chi connectivity index (χ0n) is 8.95. The van der Waals surface area contributed by atoms with Crippen LogP contribution >= 0.6 is 0 Å². The average Bonchev–Trinajstić information content (AvgIpc) is 2.46. The first-order chi connectivity index (χ1) is 6.86. The van der Waals surface area contributed by atoms with E-state index in [-0.39, 0.29) is 0 Å². The molecule has 4 heteroatoms. The van der Waals surface area contributed by atoms with Gasteiger partial charge >= 0.3 is 0 Å². The highest BCUT2D eigenvalue weighted by atomic mass is 15.3. The van der Waals surface area contributed by atoms with E-state index < -0.39 is 0 Å². The maximum atomic E-state index is 4.28. The number of anilines is 1. The maximum Gasteiger partial charge on any atom is 0.224 e. The van der Waals surface area contributed by atoms with E-state index in [2.05, 4.69) is 33.9 Å². The summed E-state index contributed by atoms with van der Waals surface area (Å²) in [6, 6.07) is 0. The van der Waals surface area contributed by atoms with E-state index in [1.807, 2.05) is 0 Å². The fourth-order valence-corrected chi connectivity index (χ4v) is 1.88. The van der Waals surface area contributed by atoms with Crippen LogP contribution < -0.4 is 5.32 Å². The average molecular weight is 194 g/mol. The van der Waals surface area contributed by atoms with Crippen molar-refractivity contribution in [3.63, 3.8) is 0 Å². The van der Waals surface area contributed by atoms with Crippen molar-refractivity contribution in [1.29, 1.82) is 0 Å². The fraction of sp³-hybridized carbons (Fsp3) is 0.800. The zero-order chi connectivity index (χ0) is 9.97. The topological polar surface area (TPSA) is 42.7 Å². The van der Waals surface area contributed by atoms with Gasteiger partial charge in [-0.05, 0) is 26.7 Å². The molecule has 1 fully saturated rings. The molecule has 14 heavy (non-hydrogen) atoms. The summed E-state index contributed by atoms with van der Waals surface area (Å²) >= 11 is 0. The summed E-state index contributed by atoms with van der Waals surface area (Å²) < 4.78 is 2.20. The van der Waals surface area contributed by atoms with Crippen LogP contribution in [-0.2, 0) is 6.54 Å². The summed E-state index contributed by atoms with van der Waals surface area (Å²) in [6.45, 7) is 6.09. The van der Waals surface area contributed by atoms with Gasteiger partial charge in [-0.1, -0.05) is 6.42 Å².